The first-order chi connectivity index (χ1) is 8.50. The van der Waals surface area contributed by atoms with Gasteiger partial charge >= 0.3 is 5.97 Å². The number of nitrogens with two attached hydrogens (primary N) is 1. The van der Waals surface area contributed by atoms with Crippen molar-refractivity contribution in [1.82, 2.24) is 5.32 Å². The molecule has 5 atom stereocenters. The zero-order valence-corrected chi connectivity index (χ0v) is 11.3. The molecular formula is C12H24BN2O4. The van der Waals surface area contributed by atoms with E-state index in [0.717, 1.165) is 26.9 Å². The molecule has 109 valence electrons. The highest BCUT2D eigenvalue weighted by Gasteiger charge is 2.58. The molecule has 7 heteroatoms. The Bertz CT molecular complexity index is 331. The molecule has 1 saturated heterocycles. The Morgan fingerprint density at radius 1 is 1.53 bits per heavy atom. The van der Waals surface area contributed by atoms with Crippen LogP contribution in [-0.4, -0.2) is 47.2 Å². The third-order valence-electron chi connectivity index (χ3n) is 4.87. The molecule has 2 rings (SSSR count). The van der Waals surface area contributed by atoms with Crippen molar-refractivity contribution in [2.75, 3.05) is 6.54 Å². The van der Waals surface area contributed by atoms with Gasteiger partial charge in [-0.1, -0.05) is 12.7 Å². The first-order valence-corrected chi connectivity index (χ1v) is 6.72. The molecule has 0 aromatic rings. The van der Waals surface area contributed by atoms with E-state index in [1.165, 1.54) is 0 Å². The Hall–Kier alpha value is -0.625. The van der Waals surface area contributed by atoms with Crippen molar-refractivity contribution in [2.24, 2.45) is 23.5 Å². The van der Waals surface area contributed by atoms with Crippen molar-refractivity contribution in [3.63, 3.8) is 0 Å². The topological polar surface area (TPSA) is 127 Å². The molecule has 0 aromatic carbocycles. The van der Waals surface area contributed by atoms with E-state index in [1.807, 2.05) is 0 Å². The van der Waals surface area contributed by atoms with Gasteiger partial charge < -0.3 is 26.7 Å². The van der Waals surface area contributed by atoms with Crippen LogP contribution in [0, 0.1) is 17.8 Å². The molecule has 7 N–H and O–H groups in total. The Kier molecular flexibility index (Phi) is 5.38. The molecule has 1 aliphatic carbocycles. The van der Waals surface area contributed by atoms with Crippen LogP contribution in [0.3, 0.4) is 0 Å². The highest BCUT2D eigenvalue weighted by atomic mass is 16.4. The minimum Gasteiger partial charge on any atom is -0.480 e. The van der Waals surface area contributed by atoms with Crippen LogP contribution in [0.25, 0.3) is 0 Å². The molecule has 6 nitrogen and oxygen atoms in total. The summed E-state index contributed by atoms with van der Waals surface area (Å²) in [7, 11) is 1.14. The Morgan fingerprint density at radius 3 is 2.79 bits per heavy atom. The molecule has 0 amide bonds. The highest BCUT2D eigenvalue weighted by Crippen LogP contribution is 2.49. The number of carboxylic acids is 1. The Morgan fingerprint density at radius 2 is 2.21 bits per heavy atom. The van der Waals surface area contributed by atoms with Crippen LogP contribution in [0.15, 0.2) is 0 Å². The highest BCUT2D eigenvalue weighted by molar-refractivity contribution is 6.25. The zero-order chi connectivity index (χ0) is 13.3. The number of hydrogen-bond acceptors (Lipinski definition) is 4. The van der Waals surface area contributed by atoms with Gasteiger partial charge in [0.2, 0.25) is 0 Å². The zero-order valence-electron chi connectivity index (χ0n) is 11.3. The van der Waals surface area contributed by atoms with Crippen LogP contribution >= 0.6 is 0 Å². The van der Waals surface area contributed by atoms with Gasteiger partial charge in [0, 0.05) is 6.04 Å². The summed E-state index contributed by atoms with van der Waals surface area (Å²) in [6, 6.07) is 0.353. The largest absolute Gasteiger partial charge is 0.480 e. The second kappa shape index (κ2) is 6.22. The lowest BCUT2D eigenvalue weighted by molar-refractivity contribution is -0.145. The summed E-state index contributed by atoms with van der Waals surface area (Å²) in [5.74, 6) is -0.131. The Balaban J connectivity index is 0.00000180. The normalized spacial score (nSPS) is 40.6. The molecule has 1 radical (unpaired) electrons. The molecule has 1 aliphatic heterocycles. The van der Waals surface area contributed by atoms with Crippen molar-refractivity contribution in [3.05, 3.63) is 0 Å². The summed E-state index contributed by atoms with van der Waals surface area (Å²) < 4.78 is 0. The number of fused-ring (bicyclic) bond motifs is 1. The maximum atomic E-state index is 11.5. The average Bonchev–Trinajstić information content (AvgIpc) is 2.80. The maximum Gasteiger partial charge on any atom is 0.323 e. The van der Waals surface area contributed by atoms with Crippen LogP contribution in [-0.2, 0) is 4.79 Å². The molecule has 0 aromatic heterocycles. The van der Waals surface area contributed by atoms with Crippen LogP contribution in [0.2, 0.25) is 6.32 Å². The van der Waals surface area contributed by atoms with Gasteiger partial charge in [0.25, 0.3) is 7.48 Å². The van der Waals surface area contributed by atoms with E-state index < -0.39 is 11.5 Å². The first-order valence-electron chi connectivity index (χ1n) is 6.72. The van der Waals surface area contributed by atoms with Crippen molar-refractivity contribution in [2.45, 2.75) is 44.1 Å². The fourth-order valence-corrected chi connectivity index (χ4v) is 3.83. The number of aliphatic carboxylic acids is 1. The number of nitrogens with one attached hydrogen (secondary N) is 1. The lowest BCUT2D eigenvalue weighted by atomic mass is 9.78. The van der Waals surface area contributed by atoms with E-state index in [-0.39, 0.29) is 11.4 Å². The monoisotopic (exact) mass is 271 g/mol. The summed E-state index contributed by atoms with van der Waals surface area (Å²) in [5.41, 5.74) is 5.10. The number of carbonyl (C=O) groups is 1. The summed E-state index contributed by atoms with van der Waals surface area (Å²) >= 11 is 0. The molecule has 1 saturated carbocycles. The predicted molar refractivity (Wildman–Crippen MR) is 72.7 cm³/mol. The molecule has 1 unspecified atom stereocenters. The first kappa shape index (κ1) is 16.4. The minimum absolute atomic E-state index is 0. The summed E-state index contributed by atoms with van der Waals surface area (Å²) in [4.78, 5) is 11.5. The van der Waals surface area contributed by atoms with Crippen molar-refractivity contribution in [3.8, 4) is 0 Å². The smallest absolute Gasteiger partial charge is 0.323 e. The SMILES string of the molecule is C[C@@H]1NC[C@@H]2[C@H]1CC(N)(C(=O)O)[C@H]2CCC[B]O.O. The van der Waals surface area contributed by atoms with Crippen LogP contribution in [0.5, 0.6) is 0 Å². The molecule has 0 bridgehead atoms. The van der Waals surface area contributed by atoms with Gasteiger partial charge in [-0.15, -0.1) is 0 Å². The van der Waals surface area contributed by atoms with Gasteiger partial charge in [0.05, 0.1) is 0 Å². The van der Waals surface area contributed by atoms with Gasteiger partial charge in [0.1, 0.15) is 5.54 Å². The summed E-state index contributed by atoms with van der Waals surface area (Å²) in [5, 5.41) is 21.6. The Labute approximate surface area is 114 Å². The van der Waals surface area contributed by atoms with E-state index in [2.05, 4.69) is 12.2 Å². The third-order valence-corrected chi connectivity index (χ3v) is 4.87. The second-order valence-electron chi connectivity index (χ2n) is 5.79. The fraction of sp³-hybridized carbons (Fsp3) is 0.917. The van der Waals surface area contributed by atoms with E-state index in [1.54, 1.807) is 0 Å². The lowest BCUT2D eigenvalue weighted by Crippen LogP contribution is -2.53. The van der Waals surface area contributed by atoms with Crippen molar-refractivity contribution < 1.29 is 20.4 Å². The molecule has 2 aliphatic rings. The van der Waals surface area contributed by atoms with Gasteiger partial charge in [-0.3, -0.25) is 4.79 Å². The number of rotatable bonds is 5. The molecule has 2 fully saturated rings. The second-order valence-corrected chi connectivity index (χ2v) is 5.79. The van der Waals surface area contributed by atoms with Gasteiger partial charge in [0.15, 0.2) is 0 Å². The van der Waals surface area contributed by atoms with Gasteiger partial charge in [-0.05, 0) is 44.1 Å². The van der Waals surface area contributed by atoms with E-state index in [4.69, 9.17) is 10.8 Å². The molecule has 0 spiro atoms. The average molecular weight is 271 g/mol. The standard InChI is InChI=1S/C12H22BN2O3.H2O/c1-7-8-5-12(14,11(16)17)10(3-2-4-13-18)9(8)6-15-7;/h7-10,15,18H,2-6,14H2,1H3,(H,16,17);1H2/t7-,8-,9+,10-,12?;/m0./s1. The van der Waals surface area contributed by atoms with Crippen LogP contribution < -0.4 is 11.1 Å². The minimum atomic E-state index is -1.08. The summed E-state index contributed by atoms with van der Waals surface area (Å²) in [6.45, 7) is 2.97. The third kappa shape index (κ3) is 2.79. The van der Waals surface area contributed by atoms with E-state index in [0.29, 0.717) is 30.6 Å². The molecule has 19 heavy (non-hydrogen) atoms. The van der Waals surface area contributed by atoms with Gasteiger partial charge in [-0.25, -0.2) is 0 Å². The fourth-order valence-electron chi connectivity index (χ4n) is 3.83. The van der Waals surface area contributed by atoms with Crippen LogP contribution in [0.1, 0.15) is 26.2 Å². The van der Waals surface area contributed by atoms with Crippen LogP contribution in [0.4, 0.5) is 0 Å². The number of carboxylic acid groups (broad SMARTS) is 1. The predicted octanol–water partition coefficient (Wildman–Crippen LogP) is -1.00. The van der Waals surface area contributed by atoms with Crippen molar-refractivity contribution >= 4 is 13.5 Å². The molecule has 1 heterocycles. The molecular weight excluding hydrogens is 247 g/mol. The summed E-state index contributed by atoms with van der Waals surface area (Å²) in [6.07, 6.45) is 2.74. The number of hydrogen-bond donors (Lipinski definition) is 4. The maximum absolute atomic E-state index is 11.5. The van der Waals surface area contributed by atoms with E-state index in [9.17, 15) is 9.90 Å². The lowest BCUT2D eigenvalue weighted by Gasteiger charge is -2.30. The van der Waals surface area contributed by atoms with E-state index >= 15 is 0 Å². The van der Waals surface area contributed by atoms with Crippen molar-refractivity contribution in [1.29, 1.82) is 0 Å². The quantitative estimate of drug-likeness (QED) is 0.376. The van der Waals surface area contributed by atoms with Gasteiger partial charge in [-0.2, -0.15) is 0 Å².